The van der Waals surface area contributed by atoms with Crippen molar-refractivity contribution in [2.45, 2.75) is 18.9 Å². The highest BCUT2D eigenvalue weighted by Crippen LogP contribution is 2.06. The van der Waals surface area contributed by atoms with E-state index in [9.17, 15) is 9.59 Å². The summed E-state index contributed by atoms with van der Waals surface area (Å²) >= 11 is 0. The van der Waals surface area contributed by atoms with Crippen LogP contribution in [0.2, 0.25) is 0 Å². The fraction of sp³-hybridized carbons (Fsp3) is 0.667. The number of carbonyl (C=O) groups is 2. The van der Waals surface area contributed by atoms with E-state index in [1.165, 1.54) is 0 Å². The average Bonchev–Trinajstić information content (AvgIpc) is 2.31. The molecule has 0 radical (unpaired) electrons. The Morgan fingerprint density at radius 2 is 2.55 bits per heavy atom. The van der Waals surface area contributed by atoms with Gasteiger partial charge in [-0.25, -0.2) is 4.79 Å². The minimum atomic E-state index is -0.417. The molecule has 0 aromatic carbocycles. The number of hydrogen-bond donors (Lipinski definition) is 2. The standard InChI is InChI=1S/C6H10N2O3/c7-5(9)2-1-4-3-8-6(10)11-4/h4H,1-3H2,(H2,7,9)(H,8,10). The molecule has 5 heteroatoms. The van der Waals surface area contributed by atoms with E-state index in [1.54, 1.807) is 0 Å². The van der Waals surface area contributed by atoms with Crippen LogP contribution in [0.15, 0.2) is 0 Å². The third kappa shape index (κ3) is 2.45. The zero-order valence-corrected chi connectivity index (χ0v) is 6.00. The molecular weight excluding hydrogens is 148 g/mol. The van der Waals surface area contributed by atoms with Crippen molar-refractivity contribution in [2.24, 2.45) is 5.73 Å². The molecule has 1 aliphatic heterocycles. The summed E-state index contributed by atoms with van der Waals surface area (Å²) in [7, 11) is 0. The van der Waals surface area contributed by atoms with Crippen molar-refractivity contribution in [1.82, 2.24) is 5.32 Å². The zero-order chi connectivity index (χ0) is 8.27. The Morgan fingerprint density at radius 3 is 3.00 bits per heavy atom. The quantitative estimate of drug-likeness (QED) is 0.573. The second-order valence-electron chi connectivity index (χ2n) is 2.41. The third-order valence-electron chi connectivity index (χ3n) is 1.46. The monoisotopic (exact) mass is 158 g/mol. The van der Waals surface area contributed by atoms with Crippen LogP contribution in [0.3, 0.4) is 0 Å². The van der Waals surface area contributed by atoms with Gasteiger partial charge in [-0.2, -0.15) is 0 Å². The van der Waals surface area contributed by atoms with Gasteiger partial charge in [-0.05, 0) is 6.42 Å². The molecule has 0 aliphatic carbocycles. The van der Waals surface area contributed by atoms with E-state index < -0.39 is 6.09 Å². The molecule has 1 aliphatic rings. The Labute approximate surface area is 63.9 Å². The van der Waals surface area contributed by atoms with Crippen molar-refractivity contribution < 1.29 is 14.3 Å². The van der Waals surface area contributed by atoms with Crippen molar-refractivity contribution in [2.75, 3.05) is 6.54 Å². The lowest BCUT2D eigenvalue weighted by molar-refractivity contribution is -0.118. The summed E-state index contributed by atoms with van der Waals surface area (Å²) in [6.45, 7) is 0.478. The zero-order valence-electron chi connectivity index (χ0n) is 6.00. The lowest BCUT2D eigenvalue weighted by Crippen LogP contribution is -2.18. The molecule has 0 bridgehead atoms. The maximum atomic E-state index is 10.4. The van der Waals surface area contributed by atoms with Crippen LogP contribution < -0.4 is 11.1 Å². The van der Waals surface area contributed by atoms with Crippen LogP contribution in [-0.4, -0.2) is 24.6 Å². The lowest BCUT2D eigenvalue weighted by Gasteiger charge is -2.03. The van der Waals surface area contributed by atoms with Crippen molar-refractivity contribution in [1.29, 1.82) is 0 Å². The highest BCUT2D eigenvalue weighted by molar-refractivity contribution is 5.74. The molecule has 1 atom stereocenters. The molecule has 1 saturated heterocycles. The molecule has 5 nitrogen and oxygen atoms in total. The Bertz CT molecular complexity index is 181. The summed E-state index contributed by atoms with van der Waals surface area (Å²) in [6, 6.07) is 0. The van der Waals surface area contributed by atoms with Gasteiger partial charge >= 0.3 is 6.09 Å². The van der Waals surface area contributed by atoms with E-state index >= 15 is 0 Å². The highest BCUT2D eigenvalue weighted by Gasteiger charge is 2.22. The Morgan fingerprint density at radius 1 is 1.82 bits per heavy atom. The summed E-state index contributed by atoms with van der Waals surface area (Å²) in [5, 5.41) is 2.48. The molecule has 62 valence electrons. The first-order valence-electron chi connectivity index (χ1n) is 3.41. The van der Waals surface area contributed by atoms with E-state index in [0.29, 0.717) is 13.0 Å². The molecule has 1 unspecified atom stereocenters. The van der Waals surface area contributed by atoms with Gasteiger partial charge in [0.05, 0.1) is 6.54 Å². The largest absolute Gasteiger partial charge is 0.444 e. The summed E-state index contributed by atoms with van der Waals surface area (Å²) < 4.78 is 4.75. The van der Waals surface area contributed by atoms with Crippen molar-refractivity contribution >= 4 is 12.0 Å². The molecular formula is C6H10N2O3. The average molecular weight is 158 g/mol. The molecule has 2 amide bonds. The second-order valence-corrected chi connectivity index (χ2v) is 2.41. The predicted octanol–water partition coefficient (Wildman–Crippen LogP) is -0.640. The van der Waals surface area contributed by atoms with E-state index in [-0.39, 0.29) is 18.4 Å². The Kier molecular flexibility index (Phi) is 2.30. The fourth-order valence-corrected chi connectivity index (χ4v) is 0.896. The number of carbonyl (C=O) groups excluding carboxylic acids is 2. The summed E-state index contributed by atoms with van der Waals surface area (Å²) in [5.74, 6) is -0.368. The second kappa shape index (κ2) is 3.23. The maximum absolute atomic E-state index is 10.4. The molecule has 0 aromatic heterocycles. The van der Waals surface area contributed by atoms with E-state index in [4.69, 9.17) is 10.5 Å². The number of hydrogen-bond acceptors (Lipinski definition) is 3. The predicted molar refractivity (Wildman–Crippen MR) is 36.7 cm³/mol. The van der Waals surface area contributed by atoms with Crippen LogP contribution >= 0.6 is 0 Å². The number of amides is 2. The first kappa shape index (κ1) is 7.84. The number of ether oxygens (including phenoxy) is 1. The van der Waals surface area contributed by atoms with Crippen LogP contribution in [0.5, 0.6) is 0 Å². The number of rotatable bonds is 3. The van der Waals surface area contributed by atoms with E-state index in [0.717, 1.165) is 0 Å². The number of nitrogens with one attached hydrogen (secondary N) is 1. The van der Waals surface area contributed by atoms with Gasteiger partial charge in [0.1, 0.15) is 6.10 Å². The Balaban J connectivity index is 2.18. The number of alkyl carbamates (subject to hydrolysis) is 1. The van der Waals surface area contributed by atoms with Crippen molar-refractivity contribution in [3.05, 3.63) is 0 Å². The van der Waals surface area contributed by atoms with Crippen LogP contribution in [0.1, 0.15) is 12.8 Å². The third-order valence-corrected chi connectivity index (χ3v) is 1.46. The smallest absolute Gasteiger partial charge is 0.407 e. The molecule has 0 aromatic rings. The number of nitrogens with two attached hydrogens (primary N) is 1. The highest BCUT2D eigenvalue weighted by atomic mass is 16.6. The fourth-order valence-electron chi connectivity index (χ4n) is 0.896. The van der Waals surface area contributed by atoms with Gasteiger partial charge in [0, 0.05) is 6.42 Å². The van der Waals surface area contributed by atoms with Gasteiger partial charge in [0.15, 0.2) is 0 Å². The van der Waals surface area contributed by atoms with Gasteiger partial charge in [-0.3, -0.25) is 4.79 Å². The minimum absolute atomic E-state index is 0.185. The van der Waals surface area contributed by atoms with Crippen LogP contribution in [0, 0.1) is 0 Å². The number of primary amides is 1. The van der Waals surface area contributed by atoms with E-state index in [1.807, 2.05) is 0 Å². The minimum Gasteiger partial charge on any atom is -0.444 e. The Hall–Kier alpha value is -1.26. The molecule has 3 N–H and O–H groups in total. The van der Waals surface area contributed by atoms with Crippen LogP contribution in [0.25, 0.3) is 0 Å². The summed E-state index contributed by atoms with van der Waals surface area (Å²) in [5.41, 5.74) is 4.91. The molecule has 1 heterocycles. The van der Waals surface area contributed by atoms with Crippen molar-refractivity contribution in [3.8, 4) is 0 Å². The van der Waals surface area contributed by atoms with Gasteiger partial charge < -0.3 is 15.8 Å². The van der Waals surface area contributed by atoms with Crippen molar-refractivity contribution in [3.63, 3.8) is 0 Å². The van der Waals surface area contributed by atoms with E-state index in [2.05, 4.69) is 5.32 Å². The van der Waals surface area contributed by atoms with Crippen LogP contribution in [0.4, 0.5) is 4.79 Å². The van der Waals surface area contributed by atoms with Gasteiger partial charge in [-0.1, -0.05) is 0 Å². The van der Waals surface area contributed by atoms with Crippen LogP contribution in [-0.2, 0) is 9.53 Å². The molecule has 1 fully saturated rings. The first-order valence-corrected chi connectivity index (χ1v) is 3.41. The molecule has 1 rings (SSSR count). The molecule has 0 saturated carbocycles. The van der Waals surface area contributed by atoms with Gasteiger partial charge in [-0.15, -0.1) is 0 Å². The molecule has 11 heavy (non-hydrogen) atoms. The summed E-state index contributed by atoms with van der Waals surface area (Å²) in [6.07, 6.45) is 0.169. The summed E-state index contributed by atoms with van der Waals surface area (Å²) in [4.78, 5) is 20.7. The van der Waals surface area contributed by atoms with Gasteiger partial charge in [0.25, 0.3) is 0 Å². The number of cyclic esters (lactones) is 1. The topological polar surface area (TPSA) is 81.4 Å². The SMILES string of the molecule is NC(=O)CCC1CNC(=O)O1. The lowest BCUT2D eigenvalue weighted by atomic mass is 10.2. The van der Waals surface area contributed by atoms with Gasteiger partial charge in [0.2, 0.25) is 5.91 Å². The molecule has 0 spiro atoms. The maximum Gasteiger partial charge on any atom is 0.407 e. The first-order chi connectivity index (χ1) is 5.18. The normalized spacial score (nSPS) is 22.5.